The molecular formula is C28H30N6O5S. The van der Waals surface area contributed by atoms with Crippen molar-refractivity contribution in [1.82, 2.24) is 24.7 Å². The number of rotatable bonds is 10. The number of amides is 3. The summed E-state index contributed by atoms with van der Waals surface area (Å²) in [5.74, 6) is -0.582. The Kier molecular flexibility index (Phi) is 9.33. The normalized spacial score (nSPS) is 13.1. The molecule has 0 spiro atoms. The van der Waals surface area contributed by atoms with E-state index in [2.05, 4.69) is 16.9 Å². The molecule has 1 N–H and O–H groups in total. The molecule has 2 heterocycles. The molecule has 1 aromatic heterocycles. The lowest BCUT2D eigenvalue weighted by Gasteiger charge is -2.34. The molecule has 12 heteroatoms. The van der Waals surface area contributed by atoms with Crippen molar-refractivity contribution in [3.63, 3.8) is 0 Å². The summed E-state index contributed by atoms with van der Waals surface area (Å²) in [4.78, 5) is 56.9. The largest absolute Gasteiger partial charge is 0.352 e. The van der Waals surface area contributed by atoms with E-state index in [-0.39, 0.29) is 29.0 Å². The van der Waals surface area contributed by atoms with Crippen LogP contribution in [0.15, 0.2) is 77.6 Å². The van der Waals surface area contributed by atoms with Crippen LogP contribution in [0.3, 0.4) is 0 Å². The minimum atomic E-state index is -0.494. The number of aryl methyl sites for hydroxylation is 1. The van der Waals surface area contributed by atoms with Gasteiger partial charge in [0.2, 0.25) is 5.91 Å². The average Bonchev–Trinajstić information content (AvgIpc) is 3.48. The number of nitro groups is 1. The van der Waals surface area contributed by atoms with E-state index in [0.717, 1.165) is 13.0 Å². The monoisotopic (exact) mass is 562 g/mol. The number of nitrogens with one attached hydrogen (secondary N) is 1. The van der Waals surface area contributed by atoms with Crippen LogP contribution < -0.4 is 5.32 Å². The SMILES string of the molecule is C=C(C(=O)N1CCN(C(C)=O)CC1)c1ccc(Sc2cccc(C(=O)NCCCn3ccnc3)c2)c([N+](=O)[O-])c1. The highest BCUT2D eigenvalue weighted by Crippen LogP contribution is 2.37. The van der Waals surface area contributed by atoms with Gasteiger partial charge < -0.3 is 19.7 Å². The maximum Gasteiger partial charge on any atom is 0.283 e. The second-order valence-electron chi connectivity index (χ2n) is 9.26. The molecule has 0 aliphatic carbocycles. The Hall–Kier alpha value is -4.45. The number of carbonyl (C=O) groups excluding carboxylic acids is 3. The predicted octanol–water partition coefficient (Wildman–Crippen LogP) is 3.47. The van der Waals surface area contributed by atoms with Gasteiger partial charge in [0.1, 0.15) is 0 Å². The Morgan fingerprint density at radius 2 is 1.82 bits per heavy atom. The number of imidazole rings is 1. The Labute approximate surface area is 236 Å². The fraction of sp³-hybridized carbons (Fsp3) is 0.286. The summed E-state index contributed by atoms with van der Waals surface area (Å²) >= 11 is 1.17. The Morgan fingerprint density at radius 1 is 1.07 bits per heavy atom. The molecule has 0 unspecified atom stereocenters. The Bertz CT molecular complexity index is 1420. The number of nitro benzene ring substituents is 1. The van der Waals surface area contributed by atoms with Crippen LogP contribution in [0.1, 0.15) is 29.3 Å². The molecular weight excluding hydrogens is 532 g/mol. The number of nitrogens with zero attached hydrogens (tertiary/aromatic N) is 5. The number of hydrogen-bond donors (Lipinski definition) is 1. The van der Waals surface area contributed by atoms with Crippen LogP contribution in [-0.4, -0.2) is 74.7 Å². The van der Waals surface area contributed by atoms with E-state index >= 15 is 0 Å². The highest BCUT2D eigenvalue weighted by atomic mass is 32.2. The van der Waals surface area contributed by atoms with Crippen LogP contribution in [0.5, 0.6) is 0 Å². The fourth-order valence-electron chi connectivity index (χ4n) is 4.29. The number of aromatic nitrogens is 2. The van der Waals surface area contributed by atoms with E-state index in [1.165, 1.54) is 24.8 Å². The van der Waals surface area contributed by atoms with Crippen LogP contribution in [0.25, 0.3) is 5.57 Å². The second kappa shape index (κ2) is 13.1. The molecule has 11 nitrogen and oxygen atoms in total. The van der Waals surface area contributed by atoms with Crippen molar-refractivity contribution in [1.29, 1.82) is 0 Å². The first-order valence-electron chi connectivity index (χ1n) is 12.8. The van der Waals surface area contributed by atoms with Gasteiger partial charge in [-0.1, -0.05) is 30.5 Å². The molecule has 1 saturated heterocycles. The summed E-state index contributed by atoms with van der Waals surface area (Å²) in [5, 5.41) is 14.8. The summed E-state index contributed by atoms with van der Waals surface area (Å²) < 4.78 is 1.93. The van der Waals surface area contributed by atoms with E-state index in [1.54, 1.807) is 58.7 Å². The first-order valence-corrected chi connectivity index (χ1v) is 13.6. The lowest BCUT2D eigenvalue weighted by molar-refractivity contribution is -0.387. The number of benzene rings is 2. The number of piperazine rings is 1. The van der Waals surface area contributed by atoms with Crippen LogP contribution >= 0.6 is 11.8 Å². The molecule has 0 bridgehead atoms. The van der Waals surface area contributed by atoms with Gasteiger partial charge in [-0.15, -0.1) is 0 Å². The lowest BCUT2D eigenvalue weighted by atomic mass is 10.1. The summed E-state index contributed by atoms with van der Waals surface area (Å²) in [6.07, 6.45) is 6.04. The molecule has 3 aromatic rings. The topological polar surface area (TPSA) is 131 Å². The molecule has 1 aliphatic rings. The highest BCUT2D eigenvalue weighted by molar-refractivity contribution is 7.99. The predicted molar refractivity (Wildman–Crippen MR) is 151 cm³/mol. The highest BCUT2D eigenvalue weighted by Gasteiger charge is 2.26. The molecule has 1 fully saturated rings. The molecule has 0 atom stereocenters. The van der Waals surface area contributed by atoms with Crippen LogP contribution in [0, 0.1) is 10.1 Å². The fourth-order valence-corrected chi connectivity index (χ4v) is 5.25. The molecule has 3 amide bonds. The minimum Gasteiger partial charge on any atom is -0.352 e. The summed E-state index contributed by atoms with van der Waals surface area (Å²) in [6.45, 7) is 8.25. The zero-order valence-corrected chi connectivity index (χ0v) is 22.9. The minimum absolute atomic E-state index is 0.0394. The van der Waals surface area contributed by atoms with Gasteiger partial charge in [-0.3, -0.25) is 24.5 Å². The summed E-state index contributed by atoms with van der Waals surface area (Å²) in [5.41, 5.74) is 0.810. The van der Waals surface area contributed by atoms with Crippen molar-refractivity contribution in [3.8, 4) is 0 Å². The third-order valence-corrected chi connectivity index (χ3v) is 7.59. The Balaban J connectivity index is 1.40. The summed E-state index contributed by atoms with van der Waals surface area (Å²) in [6, 6.07) is 11.5. The molecule has 1 aliphatic heterocycles. The van der Waals surface area contributed by atoms with Crippen molar-refractivity contribution in [3.05, 3.63) is 89.0 Å². The quantitative estimate of drug-likeness (QED) is 0.173. The van der Waals surface area contributed by atoms with Crippen molar-refractivity contribution < 1.29 is 19.3 Å². The van der Waals surface area contributed by atoms with Crippen LogP contribution in [0.2, 0.25) is 0 Å². The molecule has 208 valence electrons. The van der Waals surface area contributed by atoms with Crippen molar-refractivity contribution >= 4 is 40.7 Å². The van der Waals surface area contributed by atoms with Crippen molar-refractivity contribution in [2.24, 2.45) is 0 Å². The second-order valence-corrected chi connectivity index (χ2v) is 10.4. The smallest absolute Gasteiger partial charge is 0.283 e. The van der Waals surface area contributed by atoms with E-state index in [4.69, 9.17) is 0 Å². The zero-order chi connectivity index (χ0) is 28.6. The third-order valence-electron chi connectivity index (χ3n) is 6.54. The first kappa shape index (κ1) is 28.6. The maximum atomic E-state index is 13.0. The molecule has 2 aromatic carbocycles. The average molecular weight is 563 g/mol. The van der Waals surface area contributed by atoms with E-state index < -0.39 is 4.92 Å². The standard InChI is InChI=1S/C28H30N6O5S/c1-20(28(37)33-15-13-32(14-16-33)21(2)35)22-7-8-26(25(18-22)34(38)39)40-24-6-3-5-23(17-24)27(36)30-9-4-11-31-12-10-29-19-31/h3,5-8,10,12,17-19H,1,4,9,11,13-16H2,2H3,(H,30,36). The van der Waals surface area contributed by atoms with E-state index in [0.29, 0.717) is 53.6 Å². The van der Waals surface area contributed by atoms with Crippen molar-refractivity contribution in [2.75, 3.05) is 32.7 Å². The van der Waals surface area contributed by atoms with Gasteiger partial charge in [0, 0.05) is 80.7 Å². The molecule has 0 saturated carbocycles. The first-order chi connectivity index (χ1) is 19.2. The number of hydrogen-bond acceptors (Lipinski definition) is 7. The van der Waals surface area contributed by atoms with E-state index in [9.17, 15) is 24.5 Å². The summed E-state index contributed by atoms with van der Waals surface area (Å²) in [7, 11) is 0. The lowest BCUT2D eigenvalue weighted by Crippen LogP contribution is -2.50. The molecule has 40 heavy (non-hydrogen) atoms. The van der Waals surface area contributed by atoms with Gasteiger partial charge in [0.15, 0.2) is 0 Å². The van der Waals surface area contributed by atoms with Crippen LogP contribution in [-0.2, 0) is 16.1 Å². The van der Waals surface area contributed by atoms with Gasteiger partial charge in [0.05, 0.1) is 16.1 Å². The zero-order valence-electron chi connectivity index (χ0n) is 22.1. The van der Waals surface area contributed by atoms with Gasteiger partial charge >= 0.3 is 0 Å². The number of carbonyl (C=O) groups is 3. The third kappa shape index (κ3) is 7.14. The van der Waals surface area contributed by atoms with Gasteiger partial charge in [0.25, 0.3) is 17.5 Å². The maximum absolute atomic E-state index is 13.0. The van der Waals surface area contributed by atoms with Crippen LogP contribution in [0.4, 0.5) is 5.69 Å². The van der Waals surface area contributed by atoms with Gasteiger partial charge in [-0.05, 0) is 36.2 Å². The van der Waals surface area contributed by atoms with Gasteiger partial charge in [-0.25, -0.2) is 4.98 Å². The van der Waals surface area contributed by atoms with E-state index in [1.807, 2.05) is 10.8 Å². The molecule has 4 rings (SSSR count). The van der Waals surface area contributed by atoms with Gasteiger partial charge in [-0.2, -0.15) is 0 Å². The van der Waals surface area contributed by atoms with Crippen molar-refractivity contribution in [2.45, 2.75) is 29.7 Å². The Morgan fingerprint density at radius 3 is 2.50 bits per heavy atom. The molecule has 0 radical (unpaired) electrons.